The first kappa shape index (κ1) is 18.2. The first-order valence-electron chi connectivity index (χ1n) is 9.34. The Morgan fingerprint density at radius 1 is 1.14 bits per heavy atom. The number of rotatable bonds is 3. The van der Waals surface area contributed by atoms with Crippen LogP contribution >= 0.6 is 0 Å². The Labute approximate surface area is 163 Å². The molecule has 2 aromatic rings. The van der Waals surface area contributed by atoms with Crippen molar-refractivity contribution >= 4 is 11.9 Å². The van der Waals surface area contributed by atoms with Crippen LogP contribution in [-0.4, -0.2) is 29.1 Å². The van der Waals surface area contributed by atoms with Crippen molar-refractivity contribution in [1.29, 1.82) is 5.26 Å². The van der Waals surface area contributed by atoms with Gasteiger partial charge in [0, 0.05) is 25.8 Å². The highest BCUT2D eigenvalue weighted by Gasteiger charge is 2.48. The van der Waals surface area contributed by atoms with Gasteiger partial charge < -0.3 is 9.57 Å². The maximum atomic E-state index is 12.6. The van der Waals surface area contributed by atoms with Gasteiger partial charge in [-0.2, -0.15) is 5.26 Å². The van der Waals surface area contributed by atoms with E-state index in [1.165, 1.54) is 0 Å². The Kier molecular flexibility index (Phi) is 4.84. The van der Waals surface area contributed by atoms with Crippen molar-refractivity contribution < 1.29 is 19.2 Å². The van der Waals surface area contributed by atoms with Gasteiger partial charge in [0.05, 0.1) is 23.2 Å². The fraction of sp³-hybridized carbons (Fsp3) is 0.318. The van der Waals surface area contributed by atoms with E-state index in [-0.39, 0.29) is 12.0 Å². The third-order valence-corrected chi connectivity index (χ3v) is 5.45. The third-order valence-electron chi connectivity index (χ3n) is 5.45. The van der Waals surface area contributed by atoms with Crippen LogP contribution in [0.5, 0.6) is 0 Å². The minimum atomic E-state index is -0.509. The molecule has 0 aromatic heterocycles. The molecule has 2 heterocycles. The van der Waals surface area contributed by atoms with Gasteiger partial charge in [0.2, 0.25) is 0 Å². The van der Waals surface area contributed by atoms with Crippen LogP contribution in [0.3, 0.4) is 0 Å². The molecule has 2 saturated heterocycles. The van der Waals surface area contributed by atoms with Crippen molar-refractivity contribution in [3.8, 4) is 6.07 Å². The highest BCUT2D eigenvalue weighted by Crippen LogP contribution is 2.44. The summed E-state index contributed by atoms with van der Waals surface area (Å²) in [5, 5.41) is 10.7. The Hall–Kier alpha value is -3.17. The van der Waals surface area contributed by atoms with Crippen LogP contribution in [0.25, 0.3) is 0 Å². The summed E-state index contributed by atoms with van der Waals surface area (Å²) in [6.45, 7) is 0.469. The lowest BCUT2D eigenvalue weighted by Gasteiger charge is -2.42. The first-order valence-corrected chi connectivity index (χ1v) is 9.34. The Morgan fingerprint density at radius 2 is 1.89 bits per heavy atom. The molecular weight excluding hydrogens is 356 g/mol. The number of benzene rings is 2. The van der Waals surface area contributed by atoms with E-state index in [4.69, 9.17) is 14.8 Å². The van der Waals surface area contributed by atoms with Gasteiger partial charge in [-0.3, -0.25) is 4.79 Å². The maximum Gasteiger partial charge on any atom is 0.357 e. The predicted octanol–water partition coefficient (Wildman–Crippen LogP) is 3.54. The molecule has 2 aromatic carbocycles. The molecule has 6 nitrogen and oxygen atoms in total. The van der Waals surface area contributed by atoms with E-state index in [9.17, 15) is 9.59 Å². The van der Waals surface area contributed by atoms with Gasteiger partial charge in [0.25, 0.3) is 0 Å². The van der Waals surface area contributed by atoms with Gasteiger partial charge in [0.15, 0.2) is 0 Å². The van der Waals surface area contributed by atoms with Crippen LogP contribution in [-0.2, 0) is 14.4 Å². The third kappa shape index (κ3) is 3.62. The van der Waals surface area contributed by atoms with Crippen LogP contribution in [0.2, 0.25) is 0 Å². The molecule has 1 spiro atoms. The number of ether oxygens (including phenoxy) is 1. The zero-order valence-corrected chi connectivity index (χ0v) is 15.3. The average Bonchev–Trinajstić information content (AvgIpc) is 3.10. The monoisotopic (exact) mass is 376 g/mol. The maximum absolute atomic E-state index is 12.6. The quantitative estimate of drug-likeness (QED) is 0.763. The van der Waals surface area contributed by atoms with Gasteiger partial charge in [-0.25, -0.2) is 4.79 Å². The second-order valence-electron chi connectivity index (χ2n) is 7.25. The number of hydroxylamine groups is 2. The second kappa shape index (κ2) is 7.45. The molecule has 2 aliphatic rings. The van der Waals surface area contributed by atoms with Gasteiger partial charge >= 0.3 is 11.9 Å². The molecule has 0 aliphatic carbocycles. The number of carbonyl (C=O) groups is 2. The largest absolute Gasteiger partial charge is 0.459 e. The molecule has 2 aliphatic heterocycles. The van der Waals surface area contributed by atoms with Gasteiger partial charge in [0.1, 0.15) is 5.60 Å². The summed E-state index contributed by atoms with van der Waals surface area (Å²) in [6.07, 6.45) is 2.27. The number of hydrogen-bond acceptors (Lipinski definition) is 6. The molecule has 28 heavy (non-hydrogen) atoms. The smallest absolute Gasteiger partial charge is 0.357 e. The molecule has 0 amide bonds. The van der Waals surface area contributed by atoms with Crippen molar-refractivity contribution in [3.63, 3.8) is 0 Å². The van der Waals surface area contributed by atoms with Gasteiger partial charge in [-0.1, -0.05) is 30.3 Å². The normalized spacial score (nSPS) is 24.5. The van der Waals surface area contributed by atoms with Crippen LogP contribution in [0, 0.1) is 11.3 Å². The average molecular weight is 376 g/mol. The zero-order valence-electron chi connectivity index (χ0n) is 15.3. The van der Waals surface area contributed by atoms with Gasteiger partial charge in [-0.05, 0) is 36.2 Å². The topological polar surface area (TPSA) is 79.6 Å². The molecule has 0 saturated carbocycles. The molecule has 0 bridgehead atoms. The molecule has 6 heteroatoms. The lowest BCUT2D eigenvalue weighted by atomic mass is 9.82. The van der Waals surface area contributed by atoms with Crippen LogP contribution in [0.4, 0.5) is 0 Å². The van der Waals surface area contributed by atoms with Crippen molar-refractivity contribution in [2.75, 3.05) is 6.54 Å². The molecule has 4 rings (SSSR count). The van der Waals surface area contributed by atoms with E-state index < -0.39 is 11.6 Å². The minimum Gasteiger partial charge on any atom is -0.459 e. The summed E-state index contributed by atoms with van der Waals surface area (Å²) in [5.74, 6) is -0.591. The van der Waals surface area contributed by atoms with E-state index >= 15 is 0 Å². The van der Waals surface area contributed by atoms with Gasteiger partial charge in [-0.15, -0.1) is 5.06 Å². The number of esters is 1. The van der Waals surface area contributed by atoms with Crippen LogP contribution < -0.4 is 0 Å². The van der Waals surface area contributed by atoms with E-state index in [0.29, 0.717) is 43.4 Å². The van der Waals surface area contributed by atoms with E-state index in [1.807, 2.05) is 18.2 Å². The summed E-state index contributed by atoms with van der Waals surface area (Å²) in [7, 11) is 0. The Morgan fingerprint density at radius 3 is 2.54 bits per heavy atom. The zero-order chi connectivity index (χ0) is 19.6. The molecular formula is C22H20N2O4. The Balaban J connectivity index is 1.59. The standard InChI is InChI=1S/C22H20N2O4/c23-15-16-6-8-17(9-7-16)19-14-22(11-10-20(25)27-22)12-13-24(19)28-21(26)18-4-2-1-3-5-18/h1-9,19H,10-14H2. The molecule has 142 valence electrons. The summed E-state index contributed by atoms with van der Waals surface area (Å²) in [5.41, 5.74) is 1.45. The summed E-state index contributed by atoms with van der Waals surface area (Å²) in [6, 6.07) is 17.9. The molecule has 0 radical (unpaired) electrons. The lowest BCUT2D eigenvalue weighted by molar-refractivity contribution is -0.193. The number of nitrogens with zero attached hydrogens (tertiary/aromatic N) is 2. The fourth-order valence-corrected chi connectivity index (χ4v) is 3.93. The summed E-state index contributed by atoms with van der Waals surface area (Å²) in [4.78, 5) is 30.0. The number of hydrogen-bond donors (Lipinski definition) is 0. The number of nitriles is 1. The van der Waals surface area contributed by atoms with Crippen molar-refractivity contribution in [3.05, 3.63) is 71.3 Å². The van der Waals surface area contributed by atoms with Crippen LogP contribution in [0.1, 0.15) is 53.2 Å². The highest BCUT2D eigenvalue weighted by atomic mass is 16.7. The molecule has 2 atom stereocenters. The van der Waals surface area contributed by atoms with E-state index in [1.54, 1.807) is 41.5 Å². The first-order chi connectivity index (χ1) is 13.6. The molecule has 2 fully saturated rings. The summed E-state index contributed by atoms with van der Waals surface area (Å²) < 4.78 is 5.67. The summed E-state index contributed by atoms with van der Waals surface area (Å²) >= 11 is 0. The SMILES string of the molecule is N#Cc1ccc(C2CC3(CCC(=O)O3)CCN2OC(=O)c2ccccc2)cc1. The lowest BCUT2D eigenvalue weighted by Crippen LogP contribution is -2.46. The fourth-order valence-electron chi connectivity index (χ4n) is 3.93. The Bertz CT molecular complexity index is 920. The number of carbonyl (C=O) groups excluding carboxylic acids is 2. The van der Waals surface area contributed by atoms with Crippen molar-refractivity contribution in [2.24, 2.45) is 0 Å². The van der Waals surface area contributed by atoms with E-state index in [2.05, 4.69) is 6.07 Å². The number of piperidine rings is 1. The highest BCUT2D eigenvalue weighted by molar-refractivity contribution is 5.89. The predicted molar refractivity (Wildman–Crippen MR) is 99.8 cm³/mol. The van der Waals surface area contributed by atoms with E-state index in [0.717, 1.165) is 5.56 Å². The van der Waals surface area contributed by atoms with Crippen molar-refractivity contribution in [2.45, 2.75) is 37.3 Å². The van der Waals surface area contributed by atoms with Crippen molar-refractivity contribution in [1.82, 2.24) is 5.06 Å². The molecule has 2 unspecified atom stereocenters. The minimum absolute atomic E-state index is 0.173. The second-order valence-corrected chi connectivity index (χ2v) is 7.25. The van der Waals surface area contributed by atoms with Crippen LogP contribution in [0.15, 0.2) is 54.6 Å². The molecule has 0 N–H and O–H groups in total.